The molecule has 2 rings (SSSR count). The number of alkyl halides is 3. The van der Waals surface area contributed by atoms with Crippen molar-refractivity contribution in [2.75, 3.05) is 0 Å². The molecule has 2 aromatic rings. The van der Waals surface area contributed by atoms with Gasteiger partial charge in [-0.3, -0.25) is 9.78 Å². The van der Waals surface area contributed by atoms with Gasteiger partial charge < -0.3 is 4.98 Å². The topological polar surface area (TPSA) is 58.6 Å². The van der Waals surface area contributed by atoms with Crippen LogP contribution >= 0.6 is 23.2 Å². The van der Waals surface area contributed by atoms with Crippen LogP contribution in [0.25, 0.3) is 0 Å². The van der Waals surface area contributed by atoms with Crippen molar-refractivity contribution in [3.63, 3.8) is 0 Å². The van der Waals surface area contributed by atoms with E-state index in [1.807, 2.05) is 0 Å². The summed E-state index contributed by atoms with van der Waals surface area (Å²) >= 11 is 11.8. The monoisotopic (exact) mass is 337 g/mol. The van der Waals surface area contributed by atoms with Gasteiger partial charge in [0.15, 0.2) is 0 Å². The number of nitrogens with zero attached hydrogens (tertiary/aromatic N) is 2. The van der Waals surface area contributed by atoms with Crippen molar-refractivity contribution >= 4 is 23.2 Å². The molecule has 0 amide bonds. The van der Waals surface area contributed by atoms with Crippen molar-refractivity contribution in [1.29, 1.82) is 0 Å². The van der Waals surface area contributed by atoms with E-state index < -0.39 is 17.3 Å². The minimum atomic E-state index is -4.73. The Morgan fingerprint density at radius 3 is 2.24 bits per heavy atom. The number of aromatic nitrogens is 3. The molecule has 2 aromatic heterocycles. The summed E-state index contributed by atoms with van der Waals surface area (Å²) in [6.07, 6.45) is -0.885. The molecule has 0 saturated carbocycles. The highest BCUT2D eigenvalue weighted by atomic mass is 35.5. The predicted molar refractivity (Wildman–Crippen MR) is 71.5 cm³/mol. The van der Waals surface area contributed by atoms with Crippen molar-refractivity contribution in [1.82, 2.24) is 15.0 Å². The van der Waals surface area contributed by atoms with Gasteiger partial charge in [0.2, 0.25) is 0 Å². The Labute approximate surface area is 127 Å². The molecule has 0 radical (unpaired) electrons. The molecular formula is C12H8Cl2F3N3O. The third-order valence-corrected chi connectivity index (χ3v) is 3.37. The highest BCUT2D eigenvalue weighted by Crippen LogP contribution is 2.26. The summed E-state index contributed by atoms with van der Waals surface area (Å²) < 4.78 is 37.3. The standard InChI is InChI=1S/C12H8Cl2F3N3O/c13-8-4-18-5-9(14)6(8)1-2-10-19-3-7(11(21)20-10)12(15,16)17/h3-5H,1-2H2,(H,19,20,21). The summed E-state index contributed by atoms with van der Waals surface area (Å²) in [5.41, 5.74) is -1.96. The van der Waals surface area contributed by atoms with Crippen molar-refractivity contribution in [3.05, 3.63) is 55.9 Å². The van der Waals surface area contributed by atoms with Crippen LogP contribution in [0.4, 0.5) is 13.2 Å². The number of nitrogens with one attached hydrogen (secondary N) is 1. The molecule has 0 aromatic carbocycles. The number of hydrogen-bond donors (Lipinski definition) is 1. The van der Waals surface area contributed by atoms with Crippen LogP contribution in [0.1, 0.15) is 17.0 Å². The normalized spacial score (nSPS) is 11.7. The highest BCUT2D eigenvalue weighted by Gasteiger charge is 2.34. The van der Waals surface area contributed by atoms with Crippen LogP contribution < -0.4 is 5.56 Å². The zero-order valence-electron chi connectivity index (χ0n) is 10.3. The van der Waals surface area contributed by atoms with Crippen LogP contribution in [0.15, 0.2) is 23.4 Å². The number of halogens is 5. The Hall–Kier alpha value is -1.60. The summed E-state index contributed by atoms with van der Waals surface area (Å²) in [6, 6.07) is 0. The van der Waals surface area contributed by atoms with E-state index in [4.69, 9.17) is 23.2 Å². The van der Waals surface area contributed by atoms with Gasteiger partial charge in [-0.05, 0) is 12.0 Å². The van der Waals surface area contributed by atoms with Gasteiger partial charge in [-0.1, -0.05) is 23.2 Å². The molecule has 0 spiro atoms. The molecule has 9 heteroatoms. The van der Waals surface area contributed by atoms with E-state index >= 15 is 0 Å². The Kier molecular flexibility index (Phi) is 4.53. The van der Waals surface area contributed by atoms with E-state index in [1.165, 1.54) is 12.4 Å². The van der Waals surface area contributed by atoms with Crippen LogP contribution in [0.2, 0.25) is 10.0 Å². The minimum absolute atomic E-state index is 0.122. The number of pyridine rings is 1. The van der Waals surface area contributed by atoms with E-state index in [2.05, 4.69) is 15.0 Å². The SMILES string of the molecule is O=c1[nH]c(CCc2c(Cl)cncc2Cl)ncc1C(F)(F)F. The zero-order chi connectivity index (χ0) is 15.6. The van der Waals surface area contributed by atoms with Crippen molar-refractivity contribution in [2.24, 2.45) is 0 Å². The lowest BCUT2D eigenvalue weighted by molar-refractivity contribution is -0.139. The maximum absolute atomic E-state index is 12.4. The van der Waals surface area contributed by atoms with Crippen LogP contribution in [-0.2, 0) is 19.0 Å². The first-order valence-electron chi connectivity index (χ1n) is 5.72. The van der Waals surface area contributed by atoms with Gasteiger partial charge in [0.05, 0.1) is 10.0 Å². The number of H-pyrrole nitrogens is 1. The molecule has 0 bridgehead atoms. The quantitative estimate of drug-likeness (QED) is 0.934. The lowest BCUT2D eigenvalue weighted by Crippen LogP contribution is -2.23. The average Bonchev–Trinajstić information content (AvgIpc) is 2.36. The highest BCUT2D eigenvalue weighted by molar-refractivity contribution is 6.35. The van der Waals surface area contributed by atoms with Crippen molar-refractivity contribution < 1.29 is 13.2 Å². The smallest absolute Gasteiger partial charge is 0.310 e. The van der Waals surface area contributed by atoms with Crippen LogP contribution in [0.3, 0.4) is 0 Å². The predicted octanol–water partition coefficient (Wildman–Crippen LogP) is 3.28. The van der Waals surface area contributed by atoms with Crippen LogP contribution in [0, 0.1) is 0 Å². The van der Waals surface area contributed by atoms with Gasteiger partial charge in [0.1, 0.15) is 11.4 Å². The average molecular weight is 338 g/mol. The molecule has 0 atom stereocenters. The zero-order valence-corrected chi connectivity index (χ0v) is 11.9. The summed E-state index contributed by atoms with van der Waals surface area (Å²) in [5, 5.41) is 0.688. The van der Waals surface area contributed by atoms with Gasteiger partial charge in [-0.15, -0.1) is 0 Å². The Bertz CT molecular complexity index is 695. The molecule has 1 N–H and O–H groups in total. The fourth-order valence-corrected chi connectivity index (χ4v) is 2.23. The van der Waals surface area contributed by atoms with Crippen LogP contribution in [0.5, 0.6) is 0 Å². The molecule has 4 nitrogen and oxygen atoms in total. The summed E-state index contributed by atoms with van der Waals surface area (Å²) in [4.78, 5) is 20.9. The van der Waals surface area contributed by atoms with E-state index in [1.54, 1.807) is 0 Å². The van der Waals surface area contributed by atoms with Crippen molar-refractivity contribution in [2.45, 2.75) is 19.0 Å². The summed E-state index contributed by atoms with van der Waals surface area (Å²) in [6.45, 7) is 0. The Balaban J connectivity index is 2.19. The minimum Gasteiger partial charge on any atom is -0.310 e. The molecule has 2 heterocycles. The maximum Gasteiger partial charge on any atom is 0.423 e. The molecule has 0 unspecified atom stereocenters. The number of hydrogen-bond acceptors (Lipinski definition) is 3. The molecule has 0 saturated heterocycles. The second-order valence-corrected chi connectivity index (χ2v) is 4.97. The molecule has 0 aliphatic rings. The van der Waals surface area contributed by atoms with E-state index in [0.29, 0.717) is 28.2 Å². The Morgan fingerprint density at radius 1 is 1.10 bits per heavy atom. The largest absolute Gasteiger partial charge is 0.423 e. The van der Waals surface area contributed by atoms with Crippen molar-refractivity contribution in [3.8, 4) is 0 Å². The van der Waals surface area contributed by atoms with E-state index in [-0.39, 0.29) is 12.2 Å². The van der Waals surface area contributed by atoms with E-state index in [9.17, 15) is 18.0 Å². The maximum atomic E-state index is 12.4. The van der Waals surface area contributed by atoms with E-state index in [0.717, 1.165) is 0 Å². The fourth-order valence-electron chi connectivity index (χ4n) is 1.68. The second-order valence-electron chi connectivity index (χ2n) is 4.15. The molecule has 0 aliphatic carbocycles. The molecule has 0 fully saturated rings. The summed E-state index contributed by atoms with van der Waals surface area (Å²) in [5.74, 6) is 0.122. The van der Waals surface area contributed by atoms with Gasteiger partial charge in [-0.25, -0.2) is 4.98 Å². The first kappa shape index (κ1) is 15.8. The first-order valence-corrected chi connectivity index (χ1v) is 6.48. The number of aryl methyl sites for hydroxylation is 1. The lowest BCUT2D eigenvalue weighted by Gasteiger charge is -2.08. The molecule has 21 heavy (non-hydrogen) atoms. The lowest BCUT2D eigenvalue weighted by atomic mass is 10.1. The number of aromatic amines is 1. The summed E-state index contributed by atoms with van der Waals surface area (Å²) in [7, 11) is 0. The Morgan fingerprint density at radius 2 is 1.71 bits per heavy atom. The van der Waals surface area contributed by atoms with Gasteiger partial charge in [0, 0.05) is 25.0 Å². The van der Waals surface area contributed by atoms with Gasteiger partial charge >= 0.3 is 6.18 Å². The molecular weight excluding hydrogens is 330 g/mol. The second kappa shape index (κ2) is 6.03. The molecule has 112 valence electrons. The number of rotatable bonds is 3. The third kappa shape index (κ3) is 3.74. The first-order chi connectivity index (χ1) is 9.79. The molecule has 0 aliphatic heterocycles. The van der Waals surface area contributed by atoms with Crippen LogP contribution in [-0.4, -0.2) is 15.0 Å². The third-order valence-electron chi connectivity index (χ3n) is 2.72. The van der Waals surface area contributed by atoms with Gasteiger partial charge in [0.25, 0.3) is 5.56 Å². The fraction of sp³-hybridized carbons (Fsp3) is 0.250. The van der Waals surface area contributed by atoms with Gasteiger partial charge in [-0.2, -0.15) is 13.2 Å².